The number of aliphatic hydroxyl groups is 1. The second-order valence-corrected chi connectivity index (χ2v) is 11.7. The molecular formula is C32H37N3O3S. The van der Waals surface area contributed by atoms with E-state index in [9.17, 15) is 9.90 Å². The average molecular weight is 544 g/mol. The van der Waals surface area contributed by atoms with Gasteiger partial charge >= 0.3 is 0 Å². The number of carbonyl (C=O) groups excluding carboxylic acids is 1. The fraction of sp³-hybridized carbons (Fsp3) is 0.469. The summed E-state index contributed by atoms with van der Waals surface area (Å²) in [6.07, 6.45) is 8.57. The number of benzene rings is 2. The molecule has 2 fully saturated rings. The number of hydrogen-bond acceptors (Lipinski definition) is 6. The number of hydrogen-bond donors (Lipinski definition) is 1. The Morgan fingerprint density at radius 2 is 1.85 bits per heavy atom. The lowest BCUT2D eigenvalue weighted by Crippen LogP contribution is -2.41. The van der Waals surface area contributed by atoms with Gasteiger partial charge in [0.2, 0.25) is 5.91 Å². The molecule has 1 aromatic heterocycles. The van der Waals surface area contributed by atoms with Gasteiger partial charge in [-0.25, -0.2) is 4.98 Å². The molecule has 2 aliphatic rings. The molecule has 3 aromatic rings. The summed E-state index contributed by atoms with van der Waals surface area (Å²) in [5, 5.41) is 10.7. The van der Waals surface area contributed by atoms with Crippen LogP contribution in [-0.4, -0.2) is 40.1 Å². The Bertz CT molecular complexity index is 1310. The van der Waals surface area contributed by atoms with Crippen molar-refractivity contribution in [2.45, 2.75) is 70.3 Å². The number of anilines is 1. The lowest BCUT2D eigenvalue weighted by Gasteiger charge is -2.36. The largest absolute Gasteiger partial charge is 0.496 e. The Kier molecular flexibility index (Phi) is 8.95. The van der Waals surface area contributed by atoms with E-state index >= 15 is 0 Å². The van der Waals surface area contributed by atoms with Gasteiger partial charge in [0.25, 0.3) is 0 Å². The van der Waals surface area contributed by atoms with E-state index < -0.39 is 0 Å². The summed E-state index contributed by atoms with van der Waals surface area (Å²) in [5.41, 5.74) is 4.34. The molecular weight excluding hydrogens is 506 g/mol. The van der Waals surface area contributed by atoms with Gasteiger partial charge in [-0.15, -0.1) is 0 Å². The molecule has 1 heterocycles. The molecule has 2 aromatic carbocycles. The van der Waals surface area contributed by atoms with Crippen LogP contribution in [0.5, 0.6) is 5.75 Å². The number of amides is 1. The summed E-state index contributed by atoms with van der Waals surface area (Å²) in [5.74, 6) is 8.34. The quantitative estimate of drug-likeness (QED) is 0.380. The van der Waals surface area contributed by atoms with Gasteiger partial charge < -0.3 is 14.7 Å². The molecule has 204 valence electrons. The molecule has 0 saturated heterocycles. The van der Waals surface area contributed by atoms with Crippen molar-refractivity contribution in [3.63, 3.8) is 0 Å². The van der Waals surface area contributed by atoms with Crippen molar-refractivity contribution in [2.75, 3.05) is 18.6 Å². The second kappa shape index (κ2) is 12.8. The Balaban J connectivity index is 1.31. The molecule has 7 heteroatoms. The van der Waals surface area contributed by atoms with E-state index in [0.29, 0.717) is 29.7 Å². The normalized spacial score (nSPS) is 22.9. The molecule has 2 saturated carbocycles. The summed E-state index contributed by atoms with van der Waals surface area (Å²) >= 11 is 1.27. The van der Waals surface area contributed by atoms with Crippen LogP contribution in [0.2, 0.25) is 0 Å². The molecule has 0 spiro atoms. The van der Waals surface area contributed by atoms with Crippen LogP contribution in [0.1, 0.15) is 79.0 Å². The molecule has 1 N–H and O–H groups in total. The van der Waals surface area contributed by atoms with Crippen LogP contribution in [0.25, 0.3) is 0 Å². The standard InChI is InChI=1S/C32H37N3O3S/c1-22-18-27(13-16-30(22)38-2)25-9-6-24(7-10-25)20-35(32(37)26-11-14-29(36)15-12-26)28-5-3-4-23(19-28)8-17-31-33-21-34-39-31/h3-5,13,16,18-19,21,24-26,29,36H,6-7,9-12,14-15,20H2,1-2H3. The molecule has 0 radical (unpaired) electrons. The topological polar surface area (TPSA) is 75.5 Å². The van der Waals surface area contributed by atoms with E-state index in [1.165, 1.54) is 29.0 Å². The molecule has 5 rings (SSSR count). The zero-order chi connectivity index (χ0) is 27.2. The predicted molar refractivity (Wildman–Crippen MR) is 155 cm³/mol. The Labute approximate surface area is 235 Å². The number of ether oxygens (including phenoxy) is 1. The number of aromatic nitrogens is 2. The van der Waals surface area contributed by atoms with Gasteiger partial charge in [-0.05, 0) is 123 Å². The third-order valence-electron chi connectivity index (χ3n) is 8.32. The van der Waals surface area contributed by atoms with Gasteiger partial charge in [0.15, 0.2) is 5.01 Å². The third kappa shape index (κ3) is 6.87. The highest BCUT2D eigenvalue weighted by Crippen LogP contribution is 2.38. The highest BCUT2D eigenvalue weighted by Gasteiger charge is 2.32. The van der Waals surface area contributed by atoms with E-state index in [1.807, 2.05) is 29.2 Å². The molecule has 39 heavy (non-hydrogen) atoms. The molecule has 0 aliphatic heterocycles. The van der Waals surface area contributed by atoms with Crippen molar-refractivity contribution in [1.82, 2.24) is 9.36 Å². The summed E-state index contributed by atoms with van der Waals surface area (Å²) < 4.78 is 9.46. The highest BCUT2D eigenvalue weighted by molar-refractivity contribution is 7.05. The van der Waals surface area contributed by atoms with Gasteiger partial charge in [0.05, 0.1) is 13.2 Å². The maximum atomic E-state index is 13.9. The van der Waals surface area contributed by atoms with Gasteiger partial charge in [-0.2, -0.15) is 4.37 Å². The van der Waals surface area contributed by atoms with Crippen molar-refractivity contribution in [1.29, 1.82) is 0 Å². The van der Waals surface area contributed by atoms with Crippen LogP contribution in [-0.2, 0) is 4.79 Å². The number of rotatable bonds is 6. The lowest BCUT2D eigenvalue weighted by atomic mass is 9.78. The molecule has 0 bridgehead atoms. The minimum atomic E-state index is -0.279. The van der Waals surface area contributed by atoms with Crippen LogP contribution in [0, 0.1) is 30.6 Å². The lowest BCUT2D eigenvalue weighted by molar-refractivity contribution is -0.124. The first-order valence-corrected chi connectivity index (χ1v) is 14.8. The number of aryl methyl sites for hydroxylation is 1. The van der Waals surface area contributed by atoms with Crippen LogP contribution < -0.4 is 9.64 Å². The van der Waals surface area contributed by atoms with E-state index in [4.69, 9.17) is 4.74 Å². The van der Waals surface area contributed by atoms with Crippen molar-refractivity contribution >= 4 is 23.1 Å². The van der Waals surface area contributed by atoms with Crippen molar-refractivity contribution in [2.24, 2.45) is 11.8 Å². The number of carbonyl (C=O) groups is 1. The second-order valence-electron chi connectivity index (χ2n) is 10.9. The van der Waals surface area contributed by atoms with Crippen LogP contribution >= 0.6 is 11.5 Å². The van der Waals surface area contributed by atoms with E-state index in [-0.39, 0.29) is 17.9 Å². The van der Waals surface area contributed by atoms with Crippen molar-refractivity contribution in [3.8, 4) is 17.6 Å². The summed E-state index contributed by atoms with van der Waals surface area (Å²) in [6, 6.07) is 14.6. The molecule has 0 atom stereocenters. The first-order valence-electron chi connectivity index (χ1n) is 14.0. The van der Waals surface area contributed by atoms with Gasteiger partial charge in [-0.1, -0.05) is 24.1 Å². The van der Waals surface area contributed by atoms with Crippen LogP contribution in [0.4, 0.5) is 5.69 Å². The maximum absolute atomic E-state index is 13.9. The zero-order valence-corrected chi connectivity index (χ0v) is 23.6. The minimum Gasteiger partial charge on any atom is -0.496 e. The zero-order valence-electron chi connectivity index (χ0n) is 22.8. The summed E-state index contributed by atoms with van der Waals surface area (Å²) in [6.45, 7) is 2.83. The molecule has 1 amide bonds. The smallest absolute Gasteiger partial charge is 0.230 e. The predicted octanol–water partition coefficient (Wildman–Crippen LogP) is 6.11. The number of methoxy groups -OCH3 is 1. The summed E-state index contributed by atoms with van der Waals surface area (Å²) in [4.78, 5) is 20.1. The van der Waals surface area contributed by atoms with E-state index in [1.54, 1.807) is 7.11 Å². The Morgan fingerprint density at radius 3 is 2.54 bits per heavy atom. The monoisotopic (exact) mass is 543 g/mol. The van der Waals surface area contributed by atoms with E-state index in [0.717, 1.165) is 62.1 Å². The molecule has 6 nitrogen and oxygen atoms in total. The number of nitrogens with zero attached hydrogens (tertiary/aromatic N) is 3. The van der Waals surface area contributed by atoms with Crippen LogP contribution in [0.3, 0.4) is 0 Å². The van der Waals surface area contributed by atoms with Gasteiger partial charge in [-0.3, -0.25) is 4.79 Å². The maximum Gasteiger partial charge on any atom is 0.230 e. The van der Waals surface area contributed by atoms with Crippen molar-refractivity contribution in [3.05, 3.63) is 70.5 Å². The third-order valence-corrected chi connectivity index (χ3v) is 8.90. The fourth-order valence-electron chi connectivity index (χ4n) is 6.06. The van der Waals surface area contributed by atoms with Crippen molar-refractivity contribution < 1.29 is 14.6 Å². The first kappa shape index (κ1) is 27.4. The first-order chi connectivity index (χ1) is 19.0. The Hall–Kier alpha value is -3.21. The molecule has 0 unspecified atom stereocenters. The Morgan fingerprint density at radius 1 is 1.05 bits per heavy atom. The highest BCUT2D eigenvalue weighted by atomic mass is 32.1. The van der Waals surface area contributed by atoms with Crippen LogP contribution in [0.15, 0.2) is 48.8 Å². The van der Waals surface area contributed by atoms with Gasteiger partial charge in [0, 0.05) is 23.7 Å². The summed E-state index contributed by atoms with van der Waals surface area (Å²) in [7, 11) is 1.72. The van der Waals surface area contributed by atoms with Gasteiger partial charge in [0.1, 0.15) is 12.1 Å². The minimum absolute atomic E-state index is 0.0388. The number of aliphatic hydroxyl groups excluding tert-OH is 1. The SMILES string of the molecule is COc1ccc(C2CCC(CN(C(=O)C3CCC(O)CC3)c3cccc(C#Cc4ncns4)c3)CC2)cc1C. The van der Waals surface area contributed by atoms with E-state index in [2.05, 4.69) is 46.3 Å². The molecule has 2 aliphatic carbocycles. The fourth-order valence-corrected chi connectivity index (χ4v) is 6.45. The average Bonchev–Trinajstić information content (AvgIpc) is 3.49.